The first kappa shape index (κ1) is 14.9. The van der Waals surface area contributed by atoms with Crippen LogP contribution in [0.2, 0.25) is 0 Å². The average molecular weight is 275 g/mol. The maximum Gasteiger partial charge on any atom is 0.573 e. The molecule has 0 aliphatic heterocycles. The molecule has 104 valence electrons. The van der Waals surface area contributed by atoms with Gasteiger partial charge in [-0.05, 0) is 24.6 Å². The highest BCUT2D eigenvalue weighted by atomic mass is 19.4. The largest absolute Gasteiger partial charge is 0.573 e. The zero-order valence-electron chi connectivity index (χ0n) is 9.99. The van der Waals surface area contributed by atoms with E-state index in [9.17, 15) is 18.0 Å². The summed E-state index contributed by atoms with van der Waals surface area (Å²) in [7, 11) is 0. The zero-order valence-corrected chi connectivity index (χ0v) is 9.99. The molecule has 1 rings (SSSR count). The van der Waals surface area contributed by atoms with Gasteiger partial charge in [0, 0.05) is 12.6 Å². The van der Waals surface area contributed by atoms with Crippen LogP contribution in [0.5, 0.6) is 5.75 Å². The lowest BCUT2D eigenvalue weighted by Gasteiger charge is -2.14. The number of carboxylic acids is 1. The molecular weight excluding hydrogens is 263 g/mol. The average Bonchev–Trinajstić information content (AvgIpc) is 2.25. The molecule has 2 N–H and O–H groups in total. The number of carbonyl (C=O) groups is 1. The Kier molecular flexibility index (Phi) is 4.80. The maximum atomic E-state index is 12.2. The summed E-state index contributed by atoms with van der Waals surface area (Å²) in [6.45, 7) is 1.65. The maximum absolute atomic E-state index is 12.2. The molecule has 0 spiro atoms. The first-order valence-electron chi connectivity index (χ1n) is 5.26. The Morgan fingerprint density at radius 3 is 2.63 bits per heavy atom. The number of benzene rings is 1. The molecular formula is C12H12F3NO3. The molecule has 0 aromatic heterocycles. The summed E-state index contributed by atoms with van der Waals surface area (Å²) in [5.41, 5.74) is 0.604. The molecule has 0 heterocycles. The van der Waals surface area contributed by atoms with E-state index < -0.39 is 12.3 Å². The van der Waals surface area contributed by atoms with E-state index in [0.717, 1.165) is 6.08 Å². The third kappa shape index (κ3) is 5.80. The molecule has 0 fully saturated rings. The van der Waals surface area contributed by atoms with Crippen LogP contribution in [-0.2, 0) is 4.79 Å². The molecule has 0 aliphatic rings. The van der Waals surface area contributed by atoms with Gasteiger partial charge in [0.05, 0.1) is 5.69 Å². The minimum Gasteiger partial charge on any atom is -0.478 e. The number of aliphatic carboxylic acids is 1. The van der Waals surface area contributed by atoms with Gasteiger partial charge in [0.25, 0.3) is 0 Å². The highest BCUT2D eigenvalue weighted by molar-refractivity contribution is 5.80. The molecule has 4 nitrogen and oxygen atoms in total. The van der Waals surface area contributed by atoms with E-state index in [1.165, 1.54) is 18.2 Å². The number of ether oxygens (including phenoxy) is 1. The van der Waals surface area contributed by atoms with Crippen molar-refractivity contribution in [3.63, 3.8) is 0 Å². The van der Waals surface area contributed by atoms with Gasteiger partial charge < -0.3 is 15.2 Å². The smallest absolute Gasteiger partial charge is 0.478 e. The standard InChI is InChI=1S/C12H12F3NO3/c1-8(6-11(17)18)7-16-9-4-2-3-5-10(9)19-12(13,14)15/h2-6,16H,7H2,1H3,(H,17,18)/b8-6-. The second kappa shape index (κ2) is 6.12. The van der Waals surface area contributed by atoms with Crippen LogP contribution in [0.15, 0.2) is 35.9 Å². The molecule has 0 bridgehead atoms. The lowest BCUT2D eigenvalue weighted by atomic mass is 10.2. The van der Waals surface area contributed by atoms with Crippen molar-refractivity contribution in [2.75, 3.05) is 11.9 Å². The minimum atomic E-state index is -4.77. The summed E-state index contributed by atoms with van der Waals surface area (Å²) < 4.78 is 40.3. The van der Waals surface area contributed by atoms with Crippen LogP contribution in [0.25, 0.3) is 0 Å². The number of para-hydroxylation sites is 2. The van der Waals surface area contributed by atoms with E-state index in [0.29, 0.717) is 5.57 Å². The Balaban J connectivity index is 2.76. The van der Waals surface area contributed by atoms with Gasteiger partial charge >= 0.3 is 12.3 Å². The van der Waals surface area contributed by atoms with Crippen molar-refractivity contribution in [3.05, 3.63) is 35.9 Å². The Hall–Kier alpha value is -2.18. The Morgan fingerprint density at radius 2 is 2.05 bits per heavy atom. The number of alkyl halides is 3. The van der Waals surface area contributed by atoms with Gasteiger partial charge in [-0.3, -0.25) is 0 Å². The SMILES string of the molecule is C/C(=C/C(=O)O)CNc1ccccc1OC(F)(F)F. The van der Waals surface area contributed by atoms with Crippen molar-refractivity contribution < 1.29 is 27.8 Å². The number of nitrogens with one attached hydrogen (secondary N) is 1. The quantitative estimate of drug-likeness (QED) is 0.811. The second-order valence-electron chi connectivity index (χ2n) is 3.73. The highest BCUT2D eigenvalue weighted by Crippen LogP contribution is 2.29. The minimum absolute atomic E-state index is 0.102. The Morgan fingerprint density at radius 1 is 1.42 bits per heavy atom. The van der Waals surface area contributed by atoms with Crippen LogP contribution in [0.1, 0.15) is 6.92 Å². The molecule has 1 aromatic rings. The topological polar surface area (TPSA) is 58.6 Å². The fraction of sp³-hybridized carbons (Fsp3) is 0.250. The van der Waals surface area contributed by atoms with Crippen LogP contribution in [0.4, 0.5) is 18.9 Å². The number of rotatable bonds is 5. The number of anilines is 1. The van der Waals surface area contributed by atoms with Gasteiger partial charge in [0.1, 0.15) is 0 Å². The van der Waals surface area contributed by atoms with Gasteiger partial charge in [-0.15, -0.1) is 13.2 Å². The fourth-order valence-electron chi connectivity index (χ4n) is 1.32. The molecule has 0 amide bonds. The highest BCUT2D eigenvalue weighted by Gasteiger charge is 2.31. The van der Waals surface area contributed by atoms with E-state index in [2.05, 4.69) is 10.1 Å². The lowest BCUT2D eigenvalue weighted by molar-refractivity contribution is -0.274. The summed E-state index contributed by atoms with van der Waals surface area (Å²) >= 11 is 0. The summed E-state index contributed by atoms with van der Waals surface area (Å²) in [4.78, 5) is 10.4. The van der Waals surface area contributed by atoms with E-state index in [4.69, 9.17) is 5.11 Å². The van der Waals surface area contributed by atoms with Crippen molar-refractivity contribution in [1.29, 1.82) is 0 Å². The molecule has 1 aromatic carbocycles. The van der Waals surface area contributed by atoms with Crippen LogP contribution in [0.3, 0.4) is 0 Å². The van der Waals surface area contributed by atoms with Crippen LogP contribution < -0.4 is 10.1 Å². The molecule has 0 radical (unpaired) electrons. The fourth-order valence-corrected chi connectivity index (χ4v) is 1.32. The summed E-state index contributed by atoms with van der Waals surface area (Å²) in [6.07, 6.45) is -3.80. The van der Waals surface area contributed by atoms with E-state index in [-0.39, 0.29) is 18.0 Å². The third-order valence-corrected chi connectivity index (χ3v) is 2.04. The van der Waals surface area contributed by atoms with E-state index >= 15 is 0 Å². The molecule has 0 saturated carbocycles. The molecule has 0 atom stereocenters. The first-order chi connectivity index (χ1) is 8.78. The van der Waals surface area contributed by atoms with Crippen molar-refractivity contribution in [1.82, 2.24) is 0 Å². The Labute approximate surface area is 107 Å². The lowest BCUT2D eigenvalue weighted by Crippen LogP contribution is -2.18. The summed E-state index contributed by atoms with van der Waals surface area (Å²) in [6, 6.07) is 5.54. The monoisotopic (exact) mass is 275 g/mol. The third-order valence-electron chi connectivity index (χ3n) is 2.04. The van der Waals surface area contributed by atoms with Gasteiger partial charge in [-0.25, -0.2) is 4.79 Å². The van der Waals surface area contributed by atoms with Crippen LogP contribution in [0, 0.1) is 0 Å². The molecule has 0 saturated heterocycles. The van der Waals surface area contributed by atoms with Crippen molar-refractivity contribution in [2.24, 2.45) is 0 Å². The molecule has 7 heteroatoms. The van der Waals surface area contributed by atoms with Crippen molar-refractivity contribution in [3.8, 4) is 5.75 Å². The summed E-state index contributed by atoms with van der Waals surface area (Å²) in [5.74, 6) is -1.47. The number of carboxylic acid groups (broad SMARTS) is 1. The van der Waals surface area contributed by atoms with Crippen LogP contribution in [-0.4, -0.2) is 24.0 Å². The number of hydrogen-bond donors (Lipinski definition) is 2. The summed E-state index contributed by atoms with van der Waals surface area (Å²) in [5, 5.41) is 11.2. The molecule has 0 aliphatic carbocycles. The van der Waals surface area contributed by atoms with Crippen LogP contribution >= 0.6 is 0 Å². The number of halogens is 3. The zero-order chi connectivity index (χ0) is 14.5. The number of hydrogen-bond acceptors (Lipinski definition) is 3. The Bertz CT molecular complexity index is 483. The van der Waals surface area contributed by atoms with Gasteiger partial charge in [-0.2, -0.15) is 0 Å². The first-order valence-corrected chi connectivity index (χ1v) is 5.26. The molecule has 0 unspecified atom stereocenters. The molecule has 19 heavy (non-hydrogen) atoms. The van der Waals surface area contributed by atoms with E-state index in [1.54, 1.807) is 13.0 Å². The van der Waals surface area contributed by atoms with Gasteiger partial charge in [-0.1, -0.05) is 12.1 Å². The normalized spacial score (nSPS) is 12.1. The van der Waals surface area contributed by atoms with Crippen molar-refractivity contribution in [2.45, 2.75) is 13.3 Å². The van der Waals surface area contributed by atoms with Gasteiger partial charge in [0.2, 0.25) is 0 Å². The van der Waals surface area contributed by atoms with Crippen molar-refractivity contribution >= 4 is 11.7 Å². The van der Waals surface area contributed by atoms with E-state index in [1.807, 2.05) is 0 Å². The van der Waals surface area contributed by atoms with Gasteiger partial charge in [0.15, 0.2) is 5.75 Å². The predicted molar refractivity (Wildman–Crippen MR) is 63.0 cm³/mol. The second-order valence-corrected chi connectivity index (χ2v) is 3.73. The predicted octanol–water partition coefficient (Wildman–Crippen LogP) is 3.03.